The first-order chi connectivity index (χ1) is 12.1. The lowest BCUT2D eigenvalue weighted by molar-refractivity contribution is -0.113. The molecule has 0 bridgehead atoms. The van der Waals surface area contributed by atoms with E-state index in [1.54, 1.807) is 12.1 Å². The first kappa shape index (κ1) is 17.6. The summed E-state index contributed by atoms with van der Waals surface area (Å²) in [6.07, 6.45) is 0. The number of aromatic nitrogens is 1. The number of amides is 1. The quantitative estimate of drug-likeness (QED) is 0.652. The van der Waals surface area contributed by atoms with Crippen molar-refractivity contribution < 1.29 is 9.18 Å². The number of nitrogens with zero attached hydrogens (tertiary/aromatic N) is 1. The molecule has 1 aromatic heterocycles. The fourth-order valence-corrected chi connectivity index (χ4v) is 3.83. The third kappa shape index (κ3) is 5.14. The minimum atomic E-state index is -0.254. The number of rotatable bonds is 6. The normalized spacial score (nSPS) is 10.6. The smallest absolute Gasteiger partial charge is 0.234 e. The summed E-state index contributed by atoms with van der Waals surface area (Å²) in [5.74, 6) is 0.759. The Morgan fingerprint density at radius 1 is 1.16 bits per heavy atom. The second-order valence-corrected chi connectivity index (χ2v) is 7.40. The molecule has 0 fully saturated rings. The van der Waals surface area contributed by atoms with Crippen molar-refractivity contribution in [2.45, 2.75) is 12.7 Å². The standard InChI is InChI=1S/C19H17FN2OS2/c1-13-2-8-16(9-3-13)21-18(23)12-24-10-17-11-25-19(22-17)14-4-6-15(20)7-5-14/h2-9,11H,10,12H2,1H3,(H,21,23). The lowest BCUT2D eigenvalue weighted by atomic mass is 10.2. The van der Waals surface area contributed by atoms with Gasteiger partial charge in [0.05, 0.1) is 11.4 Å². The van der Waals surface area contributed by atoms with Gasteiger partial charge in [-0.05, 0) is 43.3 Å². The summed E-state index contributed by atoms with van der Waals surface area (Å²) in [4.78, 5) is 16.5. The molecular weight excluding hydrogens is 355 g/mol. The van der Waals surface area contributed by atoms with E-state index < -0.39 is 0 Å². The number of hydrogen-bond donors (Lipinski definition) is 1. The molecule has 0 atom stereocenters. The van der Waals surface area contributed by atoms with Gasteiger partial charge < -0.3 is 5.32 Å². The predicted molar refractivity (Wildman–Crippen MR) is 103 cm³/mol. The summed E-state index contributed by atoms with van der Waals surface area (Å²) in [5.41, 5.74) is 3.80. The van der Waals surface area contributed by atoms with E-state index in [2.05, 4.69) is 10.3 Å². The van der Waals surface area contributed by atoms with Gasteiger partial charge in [0.2, 0.25) is 5.91 Å². The van der Waals surface area contributed by atoms with Gasteiger partial charge >= 0.3 is 0 Å². The number of carbonyl (C=O) groups excluding carboxylic acids is 1. The van der Waals surface area contributed by atoms with Crippen LogP contribution in [-0.2, 0) is 10.5 Å². The monoisotopic (exact) mass is 372 g/mol. The molecule has 2 aromatic carbocycles. The number of thioether (sulfide) groups is 1. The molecule has 128 valence electrons. The Labute approximate surface area is 154 Å². The number of aryl methyl sites for hydroxylation is 1. The molecule has 3 aromatic rings. The highest BCUT2D eigenvalue weighted by Gasteiger charge is 2.07. The van der Waals surface area contributed by atoms with Crippen LogP contribution in [0, 0.1) is 12.7 Å². The van der Waals surface area contributed by atoms with Crippen LogP contribution in [0.5, 0.6) is 0 Å². The number of nitrogens with one attached hydrogen (secondary N) is 1. The Bertz CT molecular complexity index is 845. The summed E-state index contributed by atoms with van der Waals surface area (Å²) in [6, 6.07) is 14.0. The van der Waals surface area contributed by atoms with Crippen molar-refractivity contribution >= 4 is 34.7 Å². The molecule has 0 aliphatic rings. The van der Waals surface area contributed by atoms with Crippen LogP contribution in [0.15, 0.2) is 53.9 Å². The summed E-state index contributed by atoms with van der Waals surface area (Å²) in [7, 11) is 0. The Balaban J connectivity index is 1.48. The van der Waals surface area contributed by atoms with Crippen molar-refractivity contribution in [3.8, 4) is 10.6 Å². The summed E-state index contributed by atoms with van der Waals surface area (Å²) >= 11 is 3.04. The highest BCUT2D eigenvalue weighted by Crippen LogP contribution is 2.25. The molecule has 0 saturated carbocycles. The van der Waals surface area contributed by atoms with E-state index in [4.69, 9.17) is 0 Å². The van der Waals surface area contributed by atoms with Gasteiger partial charge in [0, 0.05) is 22.4 Å². The molecule has 6 heteroatoms. The van der Waals surface area contributed by atoms with Gasteiger partial charge in [-0.3, -0.25) is 4.79 Å². The van der Waals surface area contributed by atoms with Crippen molar-refractivity contribution in [2.24, 2.45) is 0 Å². The lowest BCUT2D eigenvalue weighted by Gasteiger charge is -2.05. The molecular formula is C19H17FN2OS2. The van der Waals surface area contributed by atoms with E-state index in [1.165, 1.54) is 35.2 Å². The first-order valence-electron chi connectivity index (χ1n) is 7.75. The molecule has 1 N–H and O–H groups in total. The van der Waals surface area contributed by atoms with Crippen LogP contribution in [0.4, 0.5) is 10.1 Å². The Morgan fingerprint density at radius 3 is 2.60 bits per heavy atom. The van der Waals surface area contributed by atoms with Crippen molar-refractivity contribution in [3.63, 3.8) is 0 Å². The van der Waals surface area contributed by atoms with Crippen molar-refractivity contribution in [3.05, 3.63) is 71.0 Å². The predicted octanol–water partition coefficient (Wildman–Crippen LogP) is 5.13. The van der Waals surface area contributed by atoms with Gasteiger partial charge in [-0.2, -0.15) is 0 Å². The van der Waals surface area contributed by atoms with E-state index in [9.17, 15) is 9.18 Å². The first-order valence-corrected chi connectivity index (χ1v) is 9.78. The Kier molecular flexibility index (Phi) is 5.83. The van der Waals surface area contributed by atoms with Gasteiger partial charge in [-0.25, -0.2) is 9.37 Å². The van der Waals surface area contributed by atoms with Crippen molar-refractivity contribution in [1.29, 1.82) is 0 Å². The topological polar surface area (TPSA) is 42.0 Å². The highest BCUT2D eigenvalue weighted by atomic mass is 32.2. The maximum absolute atomic E-state index is 13.0. The van der Waals surface area contributed by atoms with Crippen LogP contribution in [0.2, 0.25) is 0 Å². The number of thiazole rings is 1. The zero-order chi connectivity index (χ0) is 17.6. The Morgan fingerprint density at radius 2 is 1.88 bits per heavy atom. The second kappa shape index (κ2) is 8.27. The highest BCUT2D eigenvalue weighted by molar-refractivity contribution is 7.99. The number of hydrogen-bond acceptors (Lipinski definition) is 4. The van der Waals surface area contributed by atoms with Crippen molar-refractivity contribution in [2.75, 3.05) is 11.1 Å². The molecule has 0 saturated heterocycles. The number of anilines is 1. The van der Waals surface area contributed by atoms with Gasteiger partial charge in [0.15, 0.2) is 0 Å². The van der Waals surface area contributed by atoms with Crippen LogP contribution in [0.25, 0.3) is 10.6 Å². The van der Waals surface area contributed by atoms with Crippen LogP contribution >= 0.6 is 23.1 Å². The summed E-state index contributed by atoms with van der Waals surface area (Å²) in [5, 5.41) is 5.72. The molecule has 0 aliphatic heterocycles. The summed E-state index contributed by atoms with van der Waals surface area (Å²) in [6.45, 7) is 2.01. The fourth-order valence-electron chi connectivity index (χ4n) is 2.18. The Hall–Kier alpha value is -2.18. The maximum atomic E-state index is 13.0. The number of carbonyl (C=O) groups is 1. The second-order valence-electron chi connectivity index (χ2n) is 5.56. The molecule has 0 aliphatic carbocycles. The van der Waals surface area contributed by atoms with E-state index >= 15 is 0 Å². The van der Waals surface area contributed by atoms with E-state index in [0.717, 1.165) is 27.5 Å². The number of halogens is 1. The van der Waals surface area contributed by atoms with Crippen LogP contribution < -0.4 is 5.32 Å². The molecule has 3 nitrogen and oxygen atoms in total. The third-order valence-corrected chi connectivity index (χ3v) is 5.37. The van der Waals surface area contributed by atoms with E-state index in [0.29, 0.717) is 11.5 Å². The molecule has 0 unspecified atom stereocenters. The number of benzene rings is 2. The van der Waals surface area contributed by atoms with Gasteiger partial charge in [0.1, 0.15) is 10.8 Å². The van der Waals surface area contributed by atoms with E-state index in [-0.39, 0.29) is 11.7 Å². The van der Waals surface area contributed by atoms with Crippen LogP contribution in [0.1, 0.15) is 11.3 Å². The van der Waals surface area contributed by atoms with Crippen molar-refractivity contribution in [1.82, 2.24) is 4.98 Å². The zero-order valence-corrected chi connectivity index (χ0v) is 15.3. The van der Waals surface area contributed by atoms with Gasteiger partial charge in [-0.15, -0.1) is 23.1 Å². The maximum Gasteiger partial charge on any atom is 0.234 e. The summed E-state index contributed by atoms with van der Waals surface area (Å²) < 4.78 is 13.0. The van der Waals surface area contributed by atoms with Gasteiger partial charge in [0.25, 0.3) is 0 Å². The minimum Gasteiger partial charge on any atom is -0.325 e. The zero-order valence-electron chi connectivity index (χ0n) is 13.7. The molecule has 25 heavy (non-hydrogen) atoms. The lowest BCUT2D eigenvalue weighted by Crippen LogP contribution is -2.14. The van der Waals surface area contributed by atoms with E-state index in [1.807, 2.05) is 36.6 Å². The average molecular weight is 372 g/mol. The van der Waals surface area contributed by atoms with Crippen LogP contribution in [-0.4, -0.2) is 16.6 Å². The largest absolute Gasteiger partial charge is 0.325 e. The molecule has 3 rings (SSSR count). The van der Waals surface area contributed by atoms with Crippen LogP contribution in [0.3, 0.4) is 0 Å². The molecule has 0 radical (unpaired) electrons. The minimum absolute atomic E-state index is 0.0251. The molecule has 1 amide bonds. The SMILES string of the molecule is Cc1ccc(NC(=O)CSCc2csc(-c3ccc(F)cc3)n2)cc1. The fraction of sp³-hybridized carbons (Fsp3) is 0.158. The van der Waals surface area contributed by atoms with Gasteiger partial charge in [-0.1, -0.05) is 17.7 Å². The molecule has 0 spiro atoms. The average Bonchev–Trinajstić information content (AvgIpc) is 3.06. The molecule has 1 heterocycles. The third-order valence-electron chi connectivity index (χ3n) is 3.46.